The first-order valence-electron chi connectivity index (χ1n) is 16.0. The van der Waals surface area contributed by atoms with Crippen LogP contribution in [0.1, 0.15) is 50.7 Å². The molecule has 0 bridgehead atoms. The highest BCUT2D eigenvalue weighted by molar-refractivity contribution is 5.95. The lowest BCUT2D eigenvalue weighted by Crippen LogP contribution is -2.58. The SMILES string of the molecule is CC(C)C[C@@H](NC(=O)[C@@H](Cc1ccccc1)NC(=O)[C@H](N)Cc1ccccc1)C(=O)N[C@H](CCCN)C(=O)N1CCCOCC1. The number of nitrogens with two attached hydrogens (primary N) is 2. The van der Waals surface area contributed by atoms with Crippen LogP contribution >= 0.6 is 0 Å². The van der Waals surface area contributed by atoms with E-state index in [1.165, 1.54) is 0 Å². The van der Waals surface area contributed by atoms with Gasteiger partial charge in [0, 0.05) is 26.1 Å². The van der Waals surface area contributed by atoms with Crippen molar-refractivity contribution in [2.24, 2.45) is 17.4 Å². The molecule has 3 rings (SSSR count). The summed E-state index contributed by atoms with van der Waals surface area (Å²) in [7, 11) is 0. The normalized spacial score (nSPS) is 16.2. The van der Waals surface area contributed by atoms with E-state index in [2.05, 4.69) is 16.0 Å². The van der Waals surface area contributed by atoms with E-state index in [1.54, 1.807) is 4.90 Å². The molecule has 2 aromatic rings. The first-order chi connectivity index (χ1) is 21.7. The quantitative estimate of drug-likeness (QED) is 0.188. The van der Waals surface area contributed by atoms with E-state index < -0.39 is 41.9 Å². The van der Waals surface area contributed by atoms with E-state index in [0.29, 0.717) is 58.5 Å². The minimum atomic E-state index is -0.976. The molecule has 2 aromatic carbocycles. The monoisotopic (exact) mass is 622 g/mol. The molecule has 7 N–H and O–H groups in total. The van der Waals surface area contributed by atoms with Gasteiger partial charge in [0.25, 0.3) is 0 Å². The van der Waals surface area contributed by atoms with Crippen molar-refractivity contribution in [2.75, 3.05) is 32.8 Å². The number of amides is 4. The van der Waals surface area contributed by atoms with Crippen molar-refractivity contribution in [3.05, 3.63) is 71.8 Å². The third-order valence-electron chi connectivity index (χ3n) is 7.74. The molecule has 1 aliphatic rings. The highest BCUT2D eigenvalue weighted by Crippen LogP contribution is 2.12. The summed E-state index contributed by atoms with van der Waals surface area (Å²) in [5, 5.41) is 8.61. The molecule has 1 aliphatic heterocycles. The molecule has 1 heterocycles. The topological polar surface area (TPSA) is 169 Å². The van der Waals surface area contributed by atoms with Crippen molar-refractivity contribution in [1.82, 2.24) is 20.9 Å². The van der Waals surface area contributed by atoms with Crippen molar-refractivity contribution in [3.63, 3.8) is 0 Å². The zero-order chi connectivity index (χ0) is 32.6. The molecule has 0 aliphatic carbocycles. The molecule has 246 valence electrons. The molecular weight excluding hydrogens is 572 g/mol. The van der Waals surface area contributed by atoms with E-state index in [4.69, 9.17) is 16.2 Å². The summed E-state index contributed by atoms with van der Waals surface area (Å²) in [6, 6.07) is 15.2. The highest BCUT2D eigenvalue weighted by Gasteiger charge is 2.32. The van der Waals surface area contributed by atoms with Gasteiger partial charge in [-0.15, -0.1) is 0 Å². The largest absolute Gasteiger partial charge is 0.380 e. The molecule has 0 spiro atoms. The number of nitrogens with one attached hydrogen (secondary N) is 3. The smallest absolute Gasteiger partial charge is 0.245 e. The average Bonchev–Trinajstić information content (AvgIpc) is 3.32. The third kappa shape index (κ3) is 12.3. The Morgan fingerprint density at radius 1 is 0.778 bits per heavy atom. The predicted molar refractivity (Wildman–Crippen MR) is 174 cm³/mol. The van der Waals surface area contributed by atoms with Crippen molar-refractivity contribution in [1.29, 1.82) is 0 Å². The van der Waals surface area contributed by atoms with Gasteiger partial charge in [0.15, 0.2) is 0 Å². The fourth-order valence-electron chi connectivity index (χ4n) is 5.31. The van der Waals surface area contributed by atoms with Crippen LogP contribution in [0, 0.1) is 5.92 Å². The predicted octanol–water partition coefficient (Wildman–Crippen LogP) is 1.29. The molecule has 0 saturated carbocycles. The van der Waals surface area contributed by atoms with E-state index in [0.717, 1.165) is 17.5 Å². The summed E-state index contributed by atoms with van der Waals surface area (Å²) in [5.41, 5.74) is 13.7. The summed E-state index contributed by atoms with van der Waals surface area (Å²) in [5.74, 6) is -1.55. The molecule has 0 unspecified atom stereocenters. The Labute approximate surface area is 266 Å². The van der Waals surface area contributed by atoms with E-state index in [9.17, 15) is 19.2 Å². The van der Waals surface area contributed by atoms with Crippen LogP contribution in [-0.4, -0.2) is 85.5 Å². The zero-order valence-corrected chi connectivity index (χ0v) is 26.6. The molecule has 4 atom stereocenters. The third-order valence-corrected chi connectivity index (χ3v) is 7.74. The number of benzene rings is 2. The van der Waals surface area contributed by atoms with Crippen LogP contribution < -0.4 is 27.4 Å². The summed E-state index contributed by atoms with van der Waals surface area (Å²) < 4.78 is 5.49. The van der Waals surface area contributed by atoms with E-state index in [-0.39, 0.29) is 18.2 Å². The maximum absolute atomic E-state index is 13.8. The van der Waals surface area contributed by atoms with Gasteiger partial charge in [-0.1, -0.05) is 74.5 Å². The number of nitrogens with zero attached hydrogens (tertiary/aromatic N) is 1. The van der Waals surface area contributed by atoms with Crippen LogP contribution in [-0.2, 0) is 36.8 Å². The number of hydrogen-bond donors (Lipinski definition) is 5. The van der Waals surface area contributed by atoms with Crippen molar-refractivity contribution < 1.29 is 23.9 Å². The van der Waals surface area contributed by atoms with Crippen LogP contribution in [0.5, 0.6) is 0 Å². The van der Waals surface area contributed by atoms with Gasteiger partial charge >= 0.3 is 0 Å². The Morgan fingerprint density at radius 2 is 1.36 bits per heavy atom. The van der Waals surface area contributed by atoms with Crippen LogP contribution in [0.4, 0.5) is 0 Å². The molecule has 1 saturated heterocycles. The lowest BCUT2D eigenvalue weighted by Gasteiger charge is -2.29. The fourth-order valence-corrected chi connectivity index (χ4v) is 5.31. The van der Waals surface area contributed by atoms with E-state index in [1.807, 2.05) is 74.5 Å². The van der Waals surface area contributed by atoms with Crippen molar-refractivity contribution in [2.45, 2.75) is 76.5 Å². The minimum Gasteiger partial charge on any atom is -0.380 e. The lowest BCUT2D eigenvalue weighted by atomic mass is 9.99. The molecule has 11 nitrogen and oxygen atoms in total. The number of rotatable bonds is 16. The summed E-state index contributed by atoms with van der Waals surface area (Å²) in [6.07, 6.45) is 2.52. The Hall–Kier alpha value is -3.80. The number of carbonyl (C=O) groups is 4. The van der Waals surface area contributed by atoms with Crippen molar-refractivity contribution >= 4 is 23.6 Å². The van der Waals surface area contributed by atoms with Gasteiger partial charge in [-0.3, -0.25) is 19.2 Å². The van der Waals surface area contributed by atoms with E-state index >= 15 is 0 Å². The van der Waals surface area contributed by atoms with Gasteiger partial charge in [0.05, 0.1) is 12.6 Å². The van der Waals surface area contributed by atoms with Crippen molar-refractivity contribution in [3.8, 4) is 0 Å². The minimum absolute atomic E-state index is 0.0588. The van der Waals surface area contributed by atoms with Gasteiger partial charge in [-0.2, -0.15) is 0 Å². The average molecular weight is 623 g/mol. The van der Waals surface area contributed by atoms with Crippen LogP contribution in [0.25, 0.3) is 0 Å². The summed E-state index contributed by atoms with van der Waals surface area (Å²) in [6.45, 7) is 6.31. The second-order valence-electron chi connectivity index (χ2n) is 12.0. The number of carbonyl (C=O) groups excluding carboxylic acids is 4. The molecule has 11 heteroatoms. The maximum Gasteiger partial charge on any atom is 0.245 e. The molecule has 0 radical (unpaired) electrons. The van der Waals surface area contributed by atoms with Crippen LogP contribution in [0.2, 0.25) is 0 Å². The summed E-state index contributed by atoms with van der Waals surface area (Å²) >= 11 is 0. The lowest BCUT2D eigenvalue weighted by molar-refractivity contribution is -0.138. The second-order valence-corrected chi connectivity index (χ2v) is 12.0. The molecule has 4 amide bonds. The Balaban J connectivity index is 1.76. The maximum atomic E-state index is 13.8. The highest BCUT2D eigenvalue weighted by atomic mass is 16.5. The Morgan fingerprint density at radius 3 is 1.98 bits per heavy atom. The first kappa shape index (κ1) is 35.7. The first-order valence-corrected chi connectivity index (χ1v) is 16.0. The molecule has 1 fully saturated rings. The molecular formula is C34H50N6O5. The van der Waals surface area contributed by atoms with Crippen LogP contribution in [0.15, 0.2) is 60.7 Å². The second kappa shape index (κ2) is 18.9. The van der Waals surface area contributed by atoms with Gasteiger partial charge in [-0.25, -0.2) is 0 Å². The Kier molecular flexibility index (Phi) is 15.0. The number of hydrogen-bond acceptors (Lipinski definition) is 7. The Bertz CT molecular complexity index is 1200. The standard InChI is InChI=1S/C34H50N6O5/c1-24(2)21-29(32(42)37-28(15-9-16-35)34(44)40-17-10-19-45-20-18-40)39-33(43)30(23-26-13-7-4-8-14-26)38-31(41)27(36)22-25-11-5-3-6-12-25/h3-8,11-14,24,27-30H,9-10,15-23,35-36H2,1-2H3,(H,37,42)(H,38,41)(H,39,43)/t27-,28-,29-,30-/m1/s1. The number of ether oxygens (including phenoxy) is 1. The summed E-state index contributed by atoms with van der Waals surface area (Å²) in [4.78, 5) is 55.8. The zero-order valence-electron chi connectivity index (χ0n) is 26.6. The van der Waals surface area contributed by atoms with Gasteiger partial charge in [0.1, 0.15) is 18.1 Å². The van der Waals surface area contributed by atoms with Gasteiger partial charge in [0.2, 0.25) is 23.6 Å². The van der Waals surface area contributed by atoms with Gasteiger partial charge in [-0.05, 0) is 55.7 Å². The molecule has 45 heavy (non-hydrogen) atoms. The van der Waals surface area contributed by atoms with Gasteiger partial charge < -0.3 is 37.1 Å². The fraction of sp³-hybridized carbons (Fsp3) is 0.529. The van der Waals surface area contributed by atoms with Crippen LogP contribution in [0.3, 0.4) is 0 Å². The molecule has 0 aromatic heterocycles.